The topological polar surface area (TPSA) is 83.6 Å². The fourth-order valence-corrected chi connectivity index (χ4v) is 3.99. The van der Waals surface area contributed by atoms with Crippen LogP contribution in [0.25, 0.3) is 0 Å². The number of nitrogens with zero attached hydrogens (tertiary/aromatic N) is 2. The molecule has 8 heteroatoms. The van der Waals surface area contributed by atoms with Gasteiger partial charge < -0.3 is 20.3 Å². The Kier molecular flexibility index (Phi) is 6.38. The number of aromatic nitrogens is 1. The molecule has 2 aliphatic heterocycles. The summed E-state index contributed by atoms with van der Waals surface area (Å²) in [5.41, 5.74) is 2.45. The van der Waals surface area contributed by atoms with Gasteiger partial charge in [0.05, 0.1) is 17.1 Å². The van der Waals surface area contributed by atoms with Gasteiger partial charge in [-0.1, -0.05) is 11.6 Å². The summed E-state index contributed by atoms with van der Waals surface area (Å²) in [4.78, 5) is 30.2. The molecule has 0 atom stereocenters. The van der Waals surface area contributed by atoms with Gasteiger partial charge in [-0.05, 0) is 55.5 Å². The predicted molar refractivity (Wildman–Crippen MR) is 116 cm³/mol. The van der Waals surface area contributed by atoms with E-state index in [1.165, 1.54) is 6.42 Å². The first kappa shape index (κ1) is 20.5. The van der Waals surface area contributed by atoms with Crippen molar-refractivity contribution < 1.29 is 14.3 Å². The lowest BCUT2D eigenvalue weighted by molar-refractivity contribution is -0.116. The summed E-state index contributed by atoms with van der Waals surface area (Å²) in [6, 6.07) is 7.34. The van der Waals surface area contributed by atoms with Crippen LogP contribution in [0.3, 0.4) is 0 Å². The summed E-state index contributed by atoms with van der Waals surface area (Å²) in [6.45, 7) is 2.53. The minimum Gasteiger partial charge on any atom is -0.492 e. The van der Waals surface area contributed by atoms with E-state index in [4.69, 9.17) is 16.3 Å². The number of likely N-dealkylation sites (tertiary alicyclic amines) is 1. The van der Waals surface area contributed by atoms with Crippen LogP contribution < -0.4 is 15.4 Å². The zero-order chi connectivity index (χ0) is 20.9. The molecule has 7 nitrogen and oxygen atoms in total. The van der Waals surface area contributed by atoms with E-state index in [9.17, 15) is 9.59 Å². The van der Waals surface area contributed by atoms with Crippen LogP contribution in [0.1, 0.15) is 41.6 Å². The fourth-order valence-electron chi connectivity index (χ4n) is 3.75. The van der Waals surface area contributed by atoms with Crippen LogP contribution in [0.4, 0.5) is 11.5 Å². The molecule has 3 heterocycles. The van der Waals surface area contributed by atoms with E-state index in [1.54, 1.807) is 12.3 Å². The standard InChI is InChI=1S/C22H25ClN4O3/c23-18-13-16(22(29)27-9-2-1-3-10-27)14-25-21(18)24-8-11-30-17-5-6-19-15(12-17)4-7-20(28)26-19/h5-6,12-14H,1-4,7-11H2,(H,24,25)(H,26,28). The molecule has 2 aliphatic rings. The van der Waals surface area contributed by atoms with Crippen LogP contribution >= 0.6 is 11.6 Å². The molecular weight excluding hydrogens is 404 g/mol. The van der Waals surface area contributed by atoms with Gasteiger partial charge in [-0.2, -0.15) is 0 Å². The number of fused-ring (bicyclic) bond motifs is 1. The lowest BCUT2D eigenvalue weighted by Gasteiger charge is -2.26. The molecular formula is C22H25ClN4O3. The SMILES string of the molecule is O=C1CCc2cc(OCCNc3ncc(C(=O)N4CCCCC4)cc3Cl)ccc2N1. The van der Waals surface area contributed by atoms with Crippen LogP contribution in [0.15, 0.2) is 30.5 Å². The summed E-state index contributed by atoms with van der Waals surface area (Å²) in [5, 5.41) is 6.42. The highest BCUT2D eigenvalue weighted by atomic mass is 35.5. The number of halogens is 1. The van der Waals surface area contributed by atoms with Gasteiger partial charge in [0.2, 0.25) is 5.91 Å². The number of pyridine rings is 1. The number of benzene rings is 1. The van der Waals surface area contributed by atoms with Crippen LogP contribution in [-0.4, -0.2) is 47.9 Å². The largest absolute Gasteiger partial charge is 0.492 e. The summed E-state index contributed by atoms with van der Waals surface area (Å²) in [6.07, 6.45) is 6.06. The van der Waals surface area contributed by atoms with Crippen molar-refractivity contribution in [3.63, 3.8) is 0 Å². The van der Waals surface area contributed by atoms with Gasteiger partial charge in [-0.15, -0.1) is 0 Å². The molecule has 0 spiro atoms. The molecule has 0 radical (unpaired) electrons. The lowest BCUT2D eigenvalue weighted by Crippen LogP contribution is -2.35. The van der Waals surface area contributed by atoms with Gasteiger partial charge in [-0.25, -0.2) is 4.98 Å². The third-order valence-corrected chi connectivity index (χ3v) is 5.65. The van der Waals surface area contributed by atoms with Crippen molar-refractivity contribution in [3.8, 4) is 5.75 Å². The number of piperidine rings is 1. The second-order valence-electron chi connectivity index (χ2n) is 7.55. The molecule has 30 heavy (non-hydrogen) atoms. The predicted octanol–water partition coefficient (Wildman–Crippen LogP) is 3.74. The molecule has 0 saturated carbocycles. The molecule has 2 N–H and O–H groups in total. The van der Waals surface area contributed by atoms with Crippen molar-refractivity contribution in [2.24, 2.45) is 0 Å². The Balaban J connectivity index is 1.28. The Bertz CT molecular complexity index is 944. The van der Waals surface area contributed by atoms with Crippen molar-refractivity contribution in [1.29, 1.82) is 0 Å². The lowest BCUT2D eigenvalue weighted by atomic mass is 10.0. The number of aryl methyl sites for hydroxylation is 1. The highest BCUT2D eigenvalue weighted by Gasteiger charge is 2.19. The first-order valence-corrected chi connectivity index (χ1v) is 10.7. The highest BCUT2D eigenvalue weighted by molar-refractivity contribution is 6.33. The maximum absolute atomic E-state index is 12.6. The van der Waals surface area contributed by atoms with E-state index < -0.39 is 0 Å². The summed E-state index contributed by atoms with van der Waals surface area (Å²) >= 11 is 6.33. The second-order valence-corrected chi connectivity index (χ2v) is 7.96. The Labute approximate surface area is 180 Å². The second kappa shape index (κ2) is 9.34. The zero-order valence-corrected chi connectivity index (χ0v) is 17.5. The number of rotatable bonds is 6. The quantitative estimate of drug-likeness (QED) is 0.685. The van der Waals surface area contributed by atoms with Gasteiger partial charge in [-0.3, -0.25) is 9.59 Å². The third kappa shape index (κ3) is 4.84. The summed E-state index contributed by atoms with van der Waals surface area (Å²) < 4.78 is 5.79. The fraction of sp³-hybridized carbons (Fsp3) is 0.409. The number of anilines is 2. The van der Waals surface area contributed by atoms with Gasteiger partial charge in [0.25, 0.3) is 5.91 Å². The van der Waals surface area contributed by atoms with E-state index in [-0.39, 0.29) is 11.8 Å². The number of carbonyl (C=O) groups is 2. The van der Waals surface area contributed by atoms with Crippen molar-refractivity contribution in [2.45, 2.75) is 32.1 Å². The molecule has 1 aromatic carbocycles. The molecule has 4 rings (SSSR count). The molecule has 0 bridgehead atoms. The molecule has 2 amide bonds. The monoisotopic (exact) mass is 428 g/mol. The Morgan fingerprint density at radius 2 is 2.03 bits per heavy atom. The zero-order valence-electron chi connectivity index (χ0n) is 16.7. The van der Waals surface area contributed by atoms with Crippen molar-refractivity contribution in [1.82, 2.24) is 9.88 Å². The first-order chi connectivity index (χ1) is 14.6. The maximum atomic E-state index is 12.6. The van der Waals surface area contributed by atoms with Gasteiger partial charge in [0, 0.05) is 31.4 Å². The van der Waals surface area contributed by atoms with E-state index in [0.29, 0.717) is 36.0 Å². The Hall–Kier alpha value is -2.80. The minimum atomic E-state index is -0.0115. The number of nitrogens with one attached hydrogen (secondary N) is 2. The van der Waals surface area contributed by atoms with Gasteiger partial charge in [0.15, 0.2) is 0 Å². The van der Waals surface area contributed by atoms with Crippen LogP contribution in [-0.2, 0) is 11.2 Å². The first-order valence-electron chi connectivity index (χ1n) is 10.3. The average molecular weight is 429 g/mol. The van der Waals surface area contributed by atoms with E-state index in [2.05, 4.69) is 15.6 Å². The minimum absolute atomic E-state index is 0.0115. The number of ether oxygens (including phenoxy) is 1. The average Bonchev–Trinajstić information content (AvgIpc) is 2.77. The Morgan fingerprint density at radius 1 is 1.20 bits per heavy atom. The molecule has 0 aliphatic carbocycles. The van der Waals surface area contributed by atoms with Crippen LogP contribution in [0.5, 0.6) is 5.75 Å². The van der Waals surface area contributed by atoms with Crippen molar-refractivity contribution >= 4 is 34.9 Å². The molecule has 0 unspecified atom stereocenters. The van der Waals surface area contributed by atoms with E-state index >= 15 is 0 Å². The third-order valence-electron chi connectivity index (χ3n) is 5.37. The molecule has 1 saturated heterocycles. The summed E-state index contributed by atoms with van der Waals surface area (Å²) in [7, 11) is 0. The van der Waals surface area contributed by atoms with Crippen LogP contribution in [0, 0.1) is 0 Å². The van der Waals surface area contributed by atoms with Crippen molar-refractivity contribution in [3.05, 3.63) is 46.6 Å². The Morgan fingerprint density at radius 3 is 2.83 bits per heavy atom. The molecule has 158 valence electrons. The van der Waals surface area contributed by atoms with Gasteiger partial charge >= 0.3 is 0 Å². The molecule has 1 aromatic heterocycles. The highest BCUT2D eigenvalue weighted by Crippen LogP contribution is 2.27. The number of amides is 2. The van der Waals surface area contributed by atoms with E-state index in [1.807, 2.05) is 23.1 Å². The van der Waals surface area contributed by atoms with Crippen LogP contribution in [0.2, 0.25) is 5.02 Å². The normalized spacial score (nSPS) is 15.9. The maximum Gasteiger partial charge on any atom is 0.255 e. The number of hydrogen-bond donors (Lipinski definition) is 2. The summed E-state index contributed by atoms with van der Waals surface area (Å²) in [5.74, 6) is 1.33. The van der Waals surface area contributed by atoms with Gasteiger partial charge in [0.1, 0.15) is 18.2 Å². The molecule has 2 aromatic rings. The van der Waals surface area contributed by atoms with Crippen molar-refractivity contribution in [2.75, 3.05) is 36.9 Å². The smallest absolute Gasteiger partial charge is 0.255 e. The molecule has 1 fully saturated rings. The number of hydrogen-bond acceptors (Lipinski definition) is 5. The number of carbonyl (C=O) groups excluding carboxylic acids is 2. The van der Waals surface area contributed by atoms with E-state index in [0.717, 1.165) is 49.4 Å².